The number of carbonyl (C=O) groups excluding carboxylic acids is 1. The van der Waals surface area contributed by atoms with Crippen molar-refractivity contribution in [2.75, 3.05) is 31.7 Å². The first-order chi connectivity index (χ1) is 13.6. The number of hydrogen-bond acceptors (Lipinski definition) is 4. The van der Waals surface area contributed by atoms with Gasteiger partial charge in [-0.15, -0.1) is 0 Å². The maximum atomic E-state index is 12.1. The van der Waals surface area contributed by atoms with E-state index in [1.807, 2.05) is 48.2 Å². The molecule has 1 aliphatic heterocycles. The van der Waals surface area contributed by atoms with Gasteiger partial charge in [0.1, 0.15) is 12.3 Å². The van der Waals surface area contributed by atoms with E-state index in [0.29, 0.717) is 6.42 Å². The zero-order chi connectivity index (χ0) is 19.8. The van der Waals surface area contributed by atoms with Crippen LogP contribution in [0.1, 0.15) is 16.7 Å². The summed E-state index contributed by atoms with van der Waals surface area (Å²) in [6.07, 6.45) is 1.98. The van der Waals surface area contributed by atoms with Crippen molar-refractivity contribution in [1.29, 1.82) is 0 Å². The molecule has 1 amide bonds. The number of rotatable bonds is 7. The molecule has 1 heterocycles. The van der Waals surface area contributed by atoms with E-state index < -0.39 is 0 Å². The van der Waals surface area contributed by atoms with Crippen LogP contribution < -0.4 is 15.1 Å². The quantitative estimate of drug-likeness (QED) is 0.490. The molecule has 1 saturated heterocycles. The van der Waals surface area contributed by atoms with Crippen LogP contribution >= 0.6 is 27.7 Å². The first kappa shape index (κ1) is 20.9. The molecular formula is C21H25BrN3O2S+. The van der Waals surface area contributed by atoms with Gasteiger partial charge >= 0.3 is 0 Å². The first-order valence-electron chi connectivity index (χ1n) is 9.28. The van der Waals surface area contributed by atoms with Crippen molar-refractivity contribution in [3.8, 4) is 5.75 Å². The topological polar surface area (TPSA) is 55.1 Å². The average molecular weight is 463 g/mol. The Morgan fingerprint density at radius 3 is 2.71 bits per heavy atom. The zero-order valence-electron chi connectivity index (χ0n) is 15.9. The van der Waals surface area contributed by atoms with Crippen molar-refractivity contribution in [2.45, 2.75) is 13.0 Å². The molecule has 0 radical (unpaired) electrons. The minimum Gasteiger partial charge on any atom is -0.496 e. The monoisotopic (exact) mass is 462 g/mol. The van der Waals surface area contributed by atoms with Crippen molar-refractivity contribution < 1.29 is 14.4 Å². The summed E-state index contributed by atoms with van der Waals surface area (Å²) >= 11 is 5.41. The third-order valence-corrected chi connectivity index (χ3v) is 6.14. The second-order valence-electron chi connectivity index (χ2n) is 6.71. The number of nitrogens with one attached hydrogen (secondary N) is 2. The van der Waals surface area contributed by atoms with Gasteiger partial charge < -0.3 is 9.64 Å². The molecule has 0 aliphatic carbocycles. The summed E-state index contributed by atoms with van der Waals surface area (Å²) < 4.78 is 6.52. The molecule has 0 spiro atoms. The van der Waals surface area contributed by atoms with Crippen LogP contribution in [-0.4, -0.2) is 43.8 Å². The Morgan fingerprint density at radius 2 is 2.00 bits per heavy atom. The van der Waals surface area contributed by atoms with Crippen LogP contribution in [0.2, 0.25) is 0 Å². The summed E-state index contributed by atoms with van der Waals surface area (Å²) in [5.74, 6) is 3.19. The summed E-state index contributed by atoms with van der Waals surface area (Å²) in [5, 5.41) is 4.11. The largest absolute Gasteiger partial charge is 0.496 e. The number of ether oxygens (including phenoxy) is 1. The molecule has 1 fully saturated rings. The standard InChI is InChI=1S/C21H24BrN3O2S/c1-27-20-7-4-17(12-18(20)15-25-8-10-28-11-9-25)14-23-24-21(26)13-16-2-5-19(22)6-3-16/h2-7,12,14H,8-11,13,15H2,1H3,(H,24,26)/p+1. The van der Waals surface area contributed by atoms with Gasteiger partial charge in [-0.25, -0.2) is 5.43 Å². The van der Waals surface area contributed by atoms with E-state index in [-0.39, 0.29) is 5.91 Å². The van der Waals surface area contributed by atoms with E-state index in [1.165, 1.54) is 30.2 Å². The molecule has 3 rings (SSSR count). The van der Waals surface area contributed by atoms with Crippen molar-refractivity contribution in [2.24, 2.45) is 5.10 Å². The van der Waals surface area contributed by atoms with Gasteiger partial charge in [-0.2, -0.15) is 16.9 Å². The Kier molecular flexibility index (Phi) is 7.94. The Hall–Kier alpha value is -1.83. The second kappa shape index (κ2) is 10.6. The van der Waals surface area contributed by atoms with Gasteiger partial charge in [0, 0.05) is 21.5 Å². The lowest BCUT2D eigenvalue weighted by molar-refractivity contribution is -0.910. The summed E-state index contributed by atoms with van der Waals surface area (Å²) in [5.41, 5.74) is 5.68. The molecule has 7 heteroatoms. The fraction of sp³-hybridized carbons (Fsp3) is 0.333. The number of carbonyl (C=O) groups is 1. The van der Waals surface area contributed by atoms with Crippen LogP contribution in [0.15, 0.2) is 52.0 Å². The highest BCUT2D eigenvalue weighted by Gasteiger charge is 2.16. The highest BCUT2D eigenvalue weighted by molar-refractivity contribution is 9.10. The fourth-order valence-electron chi connectivity index (χ4n) is 3.13. The number of benzene rings is 2. The van der Waals surface area contributed by atoms with E-state index in [4.69, 9.17) is 4.74 Å². The fourth-order valence-corrected chi connectivity index (χ4v) is 4.46. The van der Waals surface area contributed by atoms with Crippen LogP contribution in [0.4, 0.5) is 0 Å². The molecular weight excluding hydrogens is 438 g/mol. The predicted molar refractivity (Wildman–Crippen MR) is 118 cm³/mol. The molecule has 2 aromatic rings. The highest BCUT2D eigenvalue weighted by atomic mass is 79.9. The number of methoxy groups -OCH3 is 1. The van der Waals surface area contributed by atoms with Gasteiger partial charge in [-0.3, -0.25) is 4.79 Å². The molecule has 0 saturated carbocycles. The maximum absolute atomic E-state index is 12.1. The second-order valence-corrected chi connectivity index (χ2v) is 8.85. The van der Waals surface area contributed by atoms with E-state index in [9.17, 15) is 4.79 Å². The van der Waals surface area contributed by atoms with Crippen LogP contribution in [-0.2, 0) is 17.8 Å². The Balaban J connectivity index is 1.58. The third kappa shape index (κ3) is 6.36. The van der Waals surface area contributed by atoms with Crippen molar-refractivity contribution in [3.63, 3.8) is 0 Å². The maximum Gasteiger partial charge on any atom is 0.244 e. The number of quaternary nitrogens is 1. The van der Waals surface area contributed by atoms with E-state index in [2.05, 4.69) is 32.5 Å². The van der Waals surface area contributed by atoms with Gasteiger partial charge in [0.25, 0.3) is 0 Å². The molecule has 1 aliphatic rings. The Bertz CT molecular complexity index is 821. The smallest absolute Gasteiger partial charge is 0.244 e. The number of hydrazone groups is 1. The van der Waals surface area contributed by atoms with Gasteiger partial charge in [-0.05, 0) is 41.5 Å². The number of halogens is 1. The van der Waals surface area contributed by atoms with E-state index >= 15 is 0 Å². The molecule has 28 heavy (non-hydrogen) atoms. The minimum atomic E-state index is -0.137. The van der Waals surface area contributed by atoms with Gasteiger partial charge in [0.15, 0.2) is 0 Å². The summed E-state index contributed by atoms with van der Waals surface area (Å²) in [6.45, 7) is 3.30. The molecule has 0 atom stereocenters. The average Bonchev–Trinajstić information content (AvgIpc) is 2.71. The third-order valence-electron chi connectivity index (χ3n) is 4.63. The molecule has 0 unspecified atom stereocenters. The van der Waals surface area contributed by atoms with Gasteiger partial charge in [0.05, 0.1) is 32.8 Å². The zero-order valence-corrected chi connectivity index (χ0v) is 18.3. The molecule has 5 nitrogen and oxygen atoms in total. The Labute approximate surface area is 178 Å². The van der Waals surface area contributed by atoms with Crippen LogP contribution in [0.5, 0.6) is 5.75 Å². The molecule has 0 aromatic heterocycles. The molecule has 148 valence electrons. The lowest BCUT2D eigenvalue weighted by atomic mass is 10.1. The lowest BCUT2D eigenvalue weighted by Gasteiger charge is -2.24. The summed E-state index contributed by atoms with van der Waals surface area (Å²) in [7, 11) is 1.70. The minimum absolute atomic E-state index is 0.137. The van der Waals surface area contributed by atoms with Gasteiger partial charge in [-0.1, -0.05) is 28.1 Å². The number of hydrogen-bond donors (Lipinski definition) is 2. The van der Waals surface area contributed by atoms with Crippen molar-refractivity contribution >= 4 is 39.8 Å². The van der Waals surface area contributed by atoms with Crippen molar-refractivity contribution in [3.05, 3.63) is 63.6 Å². The van der Waals surface area contributed by atoms with E-state index in [1.54, 1.807) is 18.2 Å². The predicted octanol–water partition coefficient (Wildman–Crippen LogP) is 2.28. The van der Waals surface area contributed by atoms with Crippen molar-refractivity contribution in [1.82, 2.24) is 5.43 Å². The number of thioether (sulfide) groups is 1. The lowest BCUT2D eigenvalue weighted by Crippen LogP contribution is -3.12. The highest BCUT2D eigenvalue weighted by Crippen LogP contribution is 2.18. The normalized spacial score (nSPS) is 14.9. The SMILES string of the molecule is COc1ccc(C=NNC(=O)Cc2ccc(Br)cc2)cc1C[NH+]1CCSCC1. The summed E-state index contributed by atoms with van der Waals surface area (Å²) in [4.78, 5) is 13.6. The molecule has 2 N–H and O–H groups in total. The number of nitrogens with zero attached hydrogens (tertiary/aromatic N) is 1. The summed E-state index contributed by atoms with van der Waals surface area (Å²) in [6, 6.07) is 13.7. The van der Waals surface area contributed by atoms with Crippen LogP contribution in [0.3, 0.4) is 0 Å². The Morgan fingerprint density at radius 1 is 1.25 bits per heavy atom. The first-order valence-corrected chi connectivity index (χ1v) is 11.2. The van der Waals surface area contributed by atoms with Crippen LogP contribution in [0, 0.1) is 0 Å². The molecule has 2 aromatic carbocycles. The molecule has 0 bridgehead atoms. The van der Waals surface area contributed by atoms with Crippen LogP contribution in [0.25, 0.3) is 0 Å². The van der Waals surface area contributed by atoms with E-state index in [0.717, 1.165) is 27.9 Å². The number of amides is 1. The van der Waals surface area contributed by atoms with Gasteiger partial charge in [0.2, 0.25) is 5.91 Å².